The molecule has 1 amide bonds. The van der Waals surface area contributed by atoms with Crippen molar-refractivity contribution in [1.29, 1.82) is 0 Å². The molecule has 100 valence electrons. The third-order valence-corrected chi connectivity index (χ3v) is 3.79. The average Bonchev–Trinajstić information content (AvgIpc) is 2.81. The van der Waals surface area contributed by atoms with E-state index in [1.54, 1.807) is 4.90 Å². The fraction of sp³-hybridized carbons (Fsp3) is 0.250. The predicted octanol–water partition coefficient (Wildman–Crippen LogP) is 2.44. The third-order valence-electron chi connectivity index (χ3n) is 2.57. The Bertz CT molecular complexity index is 587. The monoisotopic (exact) mass is 296 g/mol. The maximum Gasteiger partial charge on any atom is 0.276 e. The number of thiophene rings is 1. The molecule has 0 saturated carbocycles. The van der Waals surface area contributed by atoms with Gasteiger partial charge in [-0.25, -0.2) is 9.97 Å². The minimum absolute atomic E-state index is 0.148. The second-order valence-electron chi connectivity index (χ2n) is 3.82. The molecule has 2 N–H and O–H groups in total. The third kappa shape index (κ3) is 3.21. The molecule has 0 unspecified atom stereocenters. The van der Waals surface area contributed by atoms with Crippen LogP contribution in [0.5, 0.6) is 0 Å². The van der Waals surface area contributed by atoms with Gasteiger partial charge in [0.15, 0.2) is 11.5 Å². The molecule has 2 rings (SSSR count). The second kappa shape index (κ2) is 5.99. The summed E-state index contributed by atoms with van der Waals surface area (Å²) in [5.74, 6) is -0.0761. The van der Waals surface area contributed by atoms with Gasteiger partial charge in [-0.1, -0.05) is 11.6 Å². The van der Waals surface area contributed by atoms with Gasteiger partial charge in [0.2, 0.25) is 0 Å². The molecule has 0 aromatic carbocycles. The smallest absolute Gasteiger partial charge is 0.276 e. The van der Waals surface area contributed by atoms with Crippen LogP contribution in [-0.4, -0.2) is 27.3 Å². The molecule has 0 spiro atoms. The Morgan fingerprint density at radius 1 is 1.42 bits per heavy atom. The van der Waals surface area contributed by atoms with Crippen LogP contribution >= 0.6 is 22.9 Å². The minimum atomic E-state index is -0.224. The van der Waals surface area contributed by atoms with Crippen LogP contribution in [0.1, 0.15) is 22.3 Å². The first-order valence-electron chi connectivity index (χ1n) is 5.71. The lowest BCUT2D eigenvalue weighted by Gasteiger charge is -2.19. The molecule has 2 heterocycles. The number of nitrogens with zero attached hydrogens (tertiary/aromatic N) is 3. The van der Waals surface area contributed by atoms with Crippen LogP contribution in [0.4, 0.5) is 5.82 Å². The number of halogens is 1. The van der Waals surface area contributed by atoms with Gasteiger partial charge in [0.1, 0.15) is 0 Å². The van der Waals surface area contributed by atoms with E-state index in [-0.39, 0.29) is 17.4 Å². The van der Waals surface area contributed by atoms with Crippen molar-refractivity contribution in [1.82, 2.24) is 14.9 Å². The van der Waals surface area contributed by atoms with Crippen LogP contribution in [0, 0.1) is 0 Å². The Hall–Kier alpha value is -1.66. The zero-order chi connectivity index (χ0) is 13.8. The van der Waals surface area contributed by atoms with Crippen LogP contribution < -0.4 is 5.73 Å². The van der Waals surface area contributed by atoms with Crippen molar-refractivity contribution in [2.24, 2.45) is 0 Å². The number of rotatable bonds is 4. The number of aromatic nitrogens is 2. The average molecular weight is 297 g/mol. The molecule has 0 aliphatic heterocycles. The Morgan fingerprint density at radius 3 is 2.74 bits per heavy atom. The number of amides is 1. The molecule has 0 fully saturated rings. The van der Waals surface area contributed by atoms with E-state index >= 15 is 0 Å². The molecule has 19 heavy (non-hydrogen) atoms. The normalized spacial score (nSPS) is 10.4. The summed E-state index contributed by atoms with van der Waals surface area (Å²) in [6.07, 6.45) is 2.92. The lowest BCUT2D eigenvalue weighted by molar-refractivity contribution is 0.0749. The van der Waals surface area contributed by atoms with Crippen molar-refractivity contribution in [2.45, 2.75) is 13.5 Å². The summed E-state index contributed by atoms with van der Waals surface area (Å²) in [7, 11) is 0. The van der Waals surface area contributed by atoms with Crippen molar-refractivity contribution in [3.63, 3.8) is 0 Å². The largest absolute Gasteiger partial charge is 0.382 e. The summed E-state index contributed by atoms with van der Waals surface area (Å²) >= 11 is 7.33. The van der Waals surface area contributed by atoms with E-state index in [2.05, 4.69) is 9.97 Å². The molecule has 0 aliphatic carbocycles. The van der Waals surface area contributed by atoms with E-state index in [1.165, 1.54) is 23.7 Å². The molecule has 2 aromatic rings. The zero-order valence-corrected chi connectivity index (χ0v) is 11.9. The number of nitrogen functional groups attached to an aromatic ring is 1. The van der Waals surface area contributed by atoms with Crippen molar-refractivity contribution in [3.05, 3.63) is 39.4 Å². The van der Waals surface area contributed by atoms with Crippen molar-refractivity contribution in [2.75, 3.05) is 12.3 Å². The summed E-state index contributed by atoms with van der Waals surface area (Å²) in [5.41, 5.74) is 5.86. The van der Waals surface area contributed by atoms with Crippen molar-refractivity contribution < 1.29 is 4.79 Å². The Kier molecular flexibility index (Phi) is 4.34. The van der Waals surface area contributed by atoms with E-state index in [0.717, 1.165) is 4.88 Å². The first-order chi connectivity index (χ1) is 9.11. The summed E-state index contributed by atoms with van der Waals surface area (Å²) in [5, 5.41) is 0. The number of hydrogen-bond donors (Lipinski definition) is 1. The van der Waals surface area contributed by atoms with Gasteiger partial charge < -0.3 is 10.6 Å². The highest BCUT2D eigenvalue weighted by molar-refractivity contribution is 7.16. The molecule has 0 atom stereocenters. The molecule has 5 nitrogen and oxygen atoms in total. The molecule has 0 aliphatic rings. The fourth-order valence-electron chi connectivity index (χ4n) is 1.62. The minimum Gasteiger partial charge on any atom is -0.382 e. The van der Waals surface area contributed by atoms with Gasteiger partial charge in [-0.15, -0.1) is 11.3 Å². The molecule has 7 heteroatoms. The zero-order valence-electron chi connectivity index (χ0n) is 10.3. The van der Waals surface area contributed by atoms with Gasteiger partial charge in [0.05, 0.1) is 10.9 Å². The highest BCUT2D eigenvalue weighted by Crippen LogP contribution is 2.23. The van der Waals surface area contributed by atoms with E-state index in [9.17, 15) is 4.79 Å². The number of hydrogen-bond acceptors (Lipinski definition) is 5. The summed E-state index contributed by atoms with van der Waals surface area (Å²) in [4.78, 5) is 22.9. The van der Waals surface area contributed by atoms with Gasteiger partial charge in [0, 0.05) is 23.8 Å². The molecule has 0 radical (unpaired) electrons. The van der Waals surface area contributed by atoms with Crippen LogP contribution in [0.15, 0.2) is 24.5 Å². The molecular weight excluding hydrogens is 284 g/mol. The second-order valence-corrected chi connectivity index (χ2v) is 5.61. The summed E-state index contributed by atoms with van der Waals surface area (Å²) < 4.78 is 0.706. The SMILES string of the molecule is CCN(Cc1ccc(Cl)s1)C(=O)c1nccnc1N. The topological polar surface area (TPSA) is 72.1 Å². The van der Waals surface area contributed by atoms with Gasteiger partial charge in [-0.3, -0.25) is 4.79 Å². The van der Waals surface area contributed by atoms with Crippen LogP contribution in [0.2, 0.25) is 4.34 Å². The number of anilines is 1. The van der Waals surface area contributed by atoms with Gasteiger partial charge in [0.25, 0.3) is 5.91 Å². The Balaban J connectivity index is 2.18. The van der Waals surface area contributed by atoms with E-state index < -0.39 is 0 Å². The van der Waals surface area contributed by atoms with E-state index in [4.69, 9.17) is 17.3 Å². The predicted molar refractivity (Wildman–Crippen MR) is 76.2 cm³/mol. The standard InChI is InChI=1S/C12H13ClN4OS/c1-2-17(7-8-3-4-9(13)19-8)12(18)10-11(14)16-6-5-15-10/h3-6H,2,7H2,1H3,(H2,14,16). The Labute approximate surface area is 120 Å². The first-order valence-corrected chi connectivity index (χ1v) is 6.91. The lowest BCUT2D eigenvalue weighted by atomic mass is 10.3. The highest BCUT2D eigenvalue weighted by Gasteiger charge is 2.19. The highest BCUT2D eigenvalue weighted by atomic mass is 35.5. The van der Waals surface area contributed by atoms with Crippen LogP contribution in [0.3, 0.4) is 0 Å². The lowest BCUT2D eigenvalue weighted by Crippen LogP contribution is -2.31. The molecular formula is C12H13ClN4OS. The van der Waals surface area contributed by atoms with Gasteiger partial charge in [-0.2, -0.15) is 0 Å². The number of carbonyl (C=O) groups is 1. The van der Waals surface area contributed by atoms with Crippen LogP contribution in [0.25, 0.3) is 0 Å². The van der Waals surface area contributed by atoms with Crippen LogP contribution in [-0.2, 0) is 6.54 Å². The Morgan fingerprint density at radius 2 is 2.16 bits per heavy atom. The van der Waals surface area contributed by atoms with E-state index in [1.807, 2.05) is 19.1 Å². The molecule has 2 aromatic heterocycles. The van der Waals surface area contributed by atoms with Gasteiger partial charge >= 0.3 is 0 Å². The van der Waals surface area contributed by atoms with Crippen molar-refractivity contribution >= 4 is 34.7 Å². The quantitative estimate of drug-likeness (QED) is 0.940. The number of nitrogens with two attached hydrogens (primary N) is 1. The summed E-state index contributed by atoms with van der Waals surface area (Å²) in [6.45, 7) is 2.95. The van der Waals surface area contributed by atoms with E-state index in [0.29, 0.717) is 17.4 Å². The molecule has 0 bridgehead atoms. The van der Waals surface area contributed by atoms with Crippen molar-refractivity contribution in [3.8, 4) is 0 Å². The summed E-state index contributed by atoms with van der Waals surface area (Å²) in [6, 6.07) is 3.72. The maximum atomic E-state index is 12.3. The fourth-order valence-corrected chi connectivity index (χ4v) is 2.72. The molecule has 0 saturated heterocycles. The van der Waals surface area contributed by atoms with Gasteiger partial charge in [-0.05, 0) is 19.1 Å². The first kappa shape index (κ1) is 13.8. The number of carbonyl (C=O) groups excluding carboxylic acids is 1. The maximum absolute atomic E-state index is 12.3.